The molecule has 0 bridgehead atoms. The van der Waals surface area contributed by atoms with Crippen molar-refractivity contribution in [1.29, 1.82) is 0 Å². The molecule has 0 amide bonds. The maximum Gasteiger partial charge on any atom is 0.289 e. The Hall–Kier alpha value is -1.51. The highest BCUT2D eigenvalue weighted by Gasteiger charge is 2.37. The fraction of sp³-hybridized carbons (Fsp3) is 0.625. The minimum absolute atomic E-state index is 0.115. The molecule has 1 aliphatic heterocycles. The summed E-state index contributed by atoms with van der Waals surface area (Å²) in [6, 6.07) is 2.78. The van der Waals surface area contributed by atoms with E-state index in [1.54, 1.807) is 19.9 Å². The lowest BCUT2D eigenvalue weighted by atomic mass is 10.1. The Morgan fingerprint density at radius 3 is 2.46 bits per heavy atom. The van der Waals surface area contributed by atoms with Crippen LogP contribution in [0.4, 0.5) is 5.69 Å². The molecule has 134 valence electrons. The van der Waals surface area contributed by atoms with Gasteiger partial charge in [-0.15, -0.1) is 0 Å². The van der Waals surface area contributed by atoms with Gasteiger partial charge in [-0.05, 0) is 57.3 Å². The molecule has 8 heteroatoms. The second-order valence-corrected chi connectivity index (χ2v) is 8.04. The number of aryl methyl sites for hydroxylation is 1. The maximum absolute atomic E-state index is 13.3. The molecule has 1 aromatic rings. The molecular weight excluding hydrogens is 330 g/mol. The zero-order valence-corrected chi connectivity index (χ0v) is 15.2. The van der Waals surface area contributed by atoms with Crippen molar-refractivity contribution in [1.82, 2.24) is 9.62 Å². The van der Waals surface area contributed by atoms with E-state index in [1.165, 1.54) is 10.4 Å². The van der Waals surface area contributed by atoms with Gasteiger partial charge in [0.25, 0.3) is 5.69 Å². The lowest BCUT2D eigenvalue weighted by molar-refractivity contribution is -0.388. The van der Waals surface area contributed by atoms with Gasteiger partial charge in [-0.25, -0.2) is 8.42 Å². The van der Waals surface area contributed by atoms with Crippen LogP contribution < -0.4 is 5.32 Å². The van der Waals surface area contributed by atoms with Gasteiger partial charge in [0.15, 0.2) is 4.90 Å². The van der Waals surface area contributed by atoms with E-state index in [9.17, 15) is 18.5 Å². The van der Waals surface area contributed by atoms with Crippen LogP contribution in [0.5, 0.6) is 0 Å². The largest absolute Gasteiger partial charge is 0.317 e. The molecule has 1 fully saturated rings. The molecule has 2 rings (SSSR count). The van der Waals surface area contributed by atoms with Gasteiger partial charge in [0.2, 0.25) is 10.0 Å². The molecule has 0 spiro atoms. The van der Waals surface area contributed by atoms with Gasteiger partial charge in [0, 0.05) is 18.7 Å². The van der Waals surface area contributed by atoms with Gasteiger partial charge in [-0.2, -0.15) is 4.31 Å². The molecule has 7 nitrogen and oxygen atoms in total. The van der Waals surface area contributed by atoms with Crippen molar-refractivity contribution in [3.05, 3.63) is 33.4 Å². The second-order valence-electron chi connectivity index (χ2n) is 6.21. The van der Waals surface area contributed by atoms with Gasteiger partial charge in [-0.1, -0.05) is 13.0 Å². The first kappa shape index (κ1) is 18.8. The molecule has 1 aliphatic rings. The summed E-state index contributed by atoms with van der Waals surface area (Å²) < 4.78 is 28.1. The van der Waals surface area contributed by atoms with Crippen LogP contribution in [0.3, 0.4) is 0 Å². The number of nitro groups is 1. The minimum atomic E-state index is -3.93. The topological polar surface area (TPSA) is 92.6 Å². The normalized spacial score (nSPS) is 16.5. The highest BCUT2D eigenvalue weighted by atomic mass is 32.2. The van der Waals surface area contributed by atoms with Crippen LogP contribution in [0, 0.1) is 24.0 Å². The minimum Gasteiger partial charge on any atom is -0.317 e. The van der Waals surface area contributed by atoms with Crippen molar-refractivity contribution < 1.29 is 13.3 Å². The predicted molar refractivity (Wildman–Crippen MR) is 92.6 cm³/mol. The van der Waals surface area contributed by atoms with Crippen LogP contribution in [0.2, 0.25) is 0 Å². The van der Waals surface area contributed by atoms with E-state index in [0.29, 0.717) is 18.5 Å². The standard InChI is InChI=1S/C16H25N3O4S/c1-4-11-18(14-7-9-17-10-8-14)24(22,23)16-13(3)12(2)5-6-15(16)19(20)21/h5-6,14,17H,4,7-11H2,1-3H3. The number of sulfonamides is 1. The van der Waals surface area contributed by atoms with Crippen LogP contribution in [-0.4, -0.2) is 43.3 Å². The monoisotopic (exact) mass is 355 g/mol. The number of nitrogens with one attached hydrogen (secondary N) is 1. The van der Waals surface area contributed by atoms with Crippen molar-refractivity contribution in [2.24, 2.45) is 0 Å². The summed E-state index contributed by atoms with van der Waals surface area (Å²) in [6.45, 7) is 7.22. The Labute approximate surface area is 143 Å². The molecule has 1 aromatic carbocycles. The zero-order valence-electron chi connectivity index (χ0n) is 14.4. The summed E-state index contributed by atoms with van der Waals surface area (Å²) in [5.41, 5.74) is 0.855. The smallest absolute Gasteiger partial charge is 0.289 e. The SMILES string of the molecule is CCCN(C1CCNCC1)S(=O)(=O)c1c([N+](=O)[O-])ccc(C)c1C. The number of benzene rings is 1. The van der Waals surface area contributed by atoms with E-state index in [0.717, 1.165) is 31.5 Å². The number of piperidine rings is 1. The van der Waals surface area contributed by atoms with Crippen molar-refractivity contribution in [3.63, 3.8) is 0 Å². The Bertz CT molecular complexity index is 712. The van der Waals surface area contributed by atoms with Crippen LogP contribution in [0.15, 0.2) is 17.0 Å². The van der Waals surface area contributed by atoms with Crippen LogP contribution in [0.1, 0.15) is 37.3 Å². The predicted octanol–water partition coefficient (Wildman–Crippen LogP) is 2.36. The van der Waals surface area contributed by atoms with E-state index in [2.05, 4.69) is 5.32 Å². The number of nitrogens with zero attached hydrogens (tertiary/aromatic N) is 2. The lowest BCUT2D eigenvalue weighted by Crippen LogP contribution is -2.46. The highest BCUT2D eigenvalue weighted by Crippen LogP contribution is 2.33. The Morgan fingerprint density at radius 2 is 1.92 bits per heavy atom. The summed E-state index contributed by atoms with van der Waals surface area (Å²) in [4.78, 5) is 10.6. The average molecular weight is 355 g/mol. The molecule has 0 radical (unpaired) electrons. The molecule has 0 saturated carbocycles. The fourth-order valence-electron chi connectivity index (χ4n) is 3.18. The maximum atomic E-state index is 13.3. The van der Waals surface area contributed by atoms with Crippen molar-refractivity contribution in [2.45, 2.75) is 51.0 Å². The number of nitro benzene ring substituents is 1. The number of rotatable bonds is 6. The zero-order chi connectivity index (χ0) is 17.9. The lowest BCUT2D eigenvalue weighted by Gasteiger charge is -2.33. The van der Waals surface area contributed by atoms with Gasteiger partial charge < -0.3 is 5.32 Å². The quantitative estimate of drug-likeness (QED) is 0.625. The molecule has 1 heterocycles. The Kier molecular flexibility index (Phi) is 5.95. The number of hydrogen-bond acceptors (Lipinski definition) is 5. The third-order valence-electron chi connectivity index (χ3n) is 4.58. The van der Waals surface area contributed by atoms with Gasteiger partial charge in [0.05, 0.1) is 4.92 Å². The average Bonchev–Trinajstić information content (AvgIpc) is 2.55. The molecular formula is C16H25N3O4S. The first-order valence-electron chi connectivity index (χ1n) is 8.27. The fourth-order valence-corrected chi connectivity index (χ4v) is 5.39. The summed E-state index contributed by atoms with van der Waals surface area (Å²) >= 11 is 0. The van der Waals surface area contributed by atoms with Crippen molar-refractivity contribution >= 4 is 15.7 Å². The molecule has 1 saturated heterocycles. The van der Waals surface area contributed by atoms with E-state index < -0.39 is 14.9 Å². The number of hydrogen-bond donors (Lipinski definition) is 1. The summed E-state index contributed by atoms with van der Waals surface area (Å²) in [7, 11) is -3.93. The summed E-state index contributed by atoms with van der Waals surface area (Å²) in [6.07, 6.45) is 2.11. The van der Waals surface area contributed by atoms with Gasteiger partial charge in [0.1, 0.15) is 0 Å². The summed E-state index contributed by atoms with van der Waals surface area (Å²) in [5.74, 6) is 0. The van der Waals surface area contributed by atoms with Crippen LogP contribution in [-0.2, 0) is 10.0 Å². The van der Waals surface area contributed by atoms with Crippen LogP contribution in [0.25, 0.3) is 0 Å². The van der Waals surface area contributed by atoms with Crippen LogP contribution >= 0.6 is 0 Å². The third-order valence-corrected chi connectivity index (χ3v) is 6.71. The van der Waals surface area contributed by atoms with Gasteiger partial charge >= 0.3 is 0 Å². The third kappa shape index (κ3) is 3.60. The Balaban J connectivity index is 2.58. The van der Waals surface area contributed by atoms with E-state index >= 15 is 0 Å². The molecule has 0 atom stereocenters. The van der Waals surface area contributed by atoms with E-state index in [1.807, 2.05) is 6.92 Å². The molecule has 1 N–H and O–H groups in total. The van der Waals surface area contributed by atoms with Crippen molar-refractivity contribution in [3.8, 4) is 0 Å². The van der Waals surface area contributed by atoms with Crippen molar-refractivity contribution in [2.75, 3.05) is 19.6 Å². The van der Waals surface area contributed by atoms with E-state index in [-0.39, 0.29) is 16.6 Å². The molecule has 24 heavy (non-hydrogen) atoms. The first-order valence-corrected chi connectivity index (χ1v) is 9.71. The van der Waals surface area contributed by atoms with Gasteiger partial charge in [-0.3, -0.25) is 10.1 Å². The molecule has 0 aliphatic carbocycles. The molecule has 0 aromatic heterocycles. The Morgan fingerprint density at radius 1 is 1.29 bits per heavy atom. The highest BCUT2D eigenvalue weighted by molar-refractivity contribution is 7.89. The molecule has 0 unspecified atom stereocenters. The van der Waals surface area contributed by atoms with E-state index in [4.69, 9.17) is 0 Å². The second kappa shape index (κ2) is 7.58. The summed E-state index contributed by atoms with van der Waals surface area (Å²) in [5, 5.41) is 14.6. The first-order chi connectivity index (χ1) is 11.3.